The molecule has 0 atom stereocenters. The second-order valence-electron chi connectivity index (χ2n) is 3.03. The molecule has 15 heavy (non-hydrogen) atoms. The first kappa shape index (κ1) is 10.4. The molecule has 0 amide bonds. The molecule has 0 saturated heterocycles. The molecule has 0 aliphatic heterocycles. The van der Waals surface area contributed by atoms with E-state index in [1.807, 2.05) is 12.1 Å². The van der Waals surface area contributed by atoms with Crippen LogP contribution in [0.25, 0.3) is 0 Å². The van der Waals surface area contributed by atoms with Gasteiger partial charge in [-0.1, -0.05) is 11.6 Å². The van der Waals surface area contributed by atoms with Gasteiger partial charge in [-0.15, -0.1) is 0 Å². The summed E-state index contributed by atoms with van der Waals surface area (Å²) in [7, 11) is 0. The molecule has 0 aromatic carbocycles. The Labute approximate surface area is 100 Å². The molecule has 2 N–H and O–H groups in total. The minimum absolute atomic E-state index is 0.341. The first-order valence-electron chi connectivity index (χ1n) is 4.24. The summed E-state index contributed by atoms with van der Waals surface area (Å²) in [5.74, 6) is 0.341. The summed E-state index contributed by atoms with van der Waals surface area (Å²) in [5, 5.41) is 4.50. The van der Waals surface area contributed by atoms with Gasteiger partial charge in [0.2, 0.25) is 0 Å². The maximum Gasteiger partial charge on any atom is 0.164 e. The Hall–Kier alpha value is -1.07. The van der Waals surface area contributed by atoms with Gasteiger partial charge >= 0.3 is 0 Å². The van der Waals surface area contributed by atoms with Gasteiger partial charge in [0.25, 0.3) is 0 Å². The van der Waals surface area contributed by atoms with E-state index < -0.39 is 0 Å². The molecule has 2 aromatic heterocycles. The number of hydrogen-bond acceptors (Lipinski definition) is 3. The predicted molar refractivity (Wildman–Crippen MR) is 62.7 cm³/mol. The summed E-state index contributed by atoms with van der Waals surface area (Å²) in [6, 6.07) is 3.84. The van der Waals surface area contributed by atoms with Crippen LogP contribution in [0.4, 0.5) is 5.82 Å². The number of hydrogen-bond donors (Lipinski definition) is 1. The lowest BCUT2D eigenvalue weighted by Gasteiger charge is -2.00. The number of nitrogen functional groups attached to an aromatic ring is 1. The summed E-state index contributed by atoms with van der Waals surface area (Å²) in [5.41, 5.74) is 6.43. The number of pyridine rings is 1. The molecule has 0 bridgehead atoms. The van der Waals surface area contributed by atoms with E-state index in [9.17, 15) is 0 Å². The summed E-state index contributed by atoms with van der Waals surface area (Å²) in [6.07, 6.45) is 3.42. The smallest absolute Gasteiger partial charge is 0.164 e. The lowest BCUT2D eigenvalue weighted by atomic mass is 10.3. The summed E-state index contributed by atoms with van der Waals surface area (Å²) in [6.45, 7) is 0.560. The van der Waals surface area contributed by atoms with Gasteiger partial charge in [-0.25, -0.2) is 0 Å². The number of rotatable bonds is 2. The van der Waals surface area contributed by atoms with Gasteiger partial charge in [-0.05, 0) is 28.1 Å². The summed E-state index contributed by atoms with van der Waals surface area (Å²) < 4.78 is 2.61. The fourth-order valence-electron chi connectivity index (χ4n) is 1.16. The zero-order valence-electron chi connectivity index (χ0n) is 7.69. The van der Waals surface area contributed by atoms with E-state index in [-0.39, 0.29) is 0 Å². The minimum atomic E-state index is 0.341. The van der Waals surface area contributed by atoms with Gasteiger partial charge in [-0.3, -0.25) is 9.67 Å². The Morgan fingerprint density at radius 1 is 1.47 bits per heavy atom. The number of halogens is 2. The highest BCUT2D eigenvalue weighted by Gasteiger charge is 2.03. The quantitative estimate of drug-likeness (QED) is 0.922. The van der Waals surface area contributed by atoms with Gasteiger partial charge in [-0.2, -0.15) is 5.10 Å². The Kier molecular flexibility index (Phi) is 2.93. The number of nitrogens with zero attached hydrogens (tertiary/aromatic N) is 3. The zero-order valence-corrected chi connectivity index (χ0v) is 10.0. The van der Waals surface area contributed by atoms with Crippen LogP contribution in [0, 0.1) is 0 Å². The van der Waals surface area contributed by atoms with Crippen LogP contribution in [0.5, 0.6) is 0 Å². The summed E-state index contributed by atoms with van der Waals surface area (Å²) >= 11 is 9.11. The van der Waals surface area contributed by atoms with Crippen LogP contribution in [0.3, 0.4) is 0 Å². The van der Waals surface area contributed by atoms with Crippen LogP contribution < -0.4 is 5.73 Å². The molecule has 0 saturated carbocycles. The molecule has 0 aliphatic rings. The van der Waals surface area contributed by atoms with Crippen LogP contribution >= 0.6 is 27.5 Å². The Balaban J connectivity index is 2.18. The van der Waals surface area contributed by atoms with E-state index in [1.54, 1.807) is 17.1 Å². The van der Waals surface area contributed by atoms with Crippen molar-refractivity contribution in [3.8, 4) is 0 Å². The Morgan fingerprint density at radius 2 is 2.27 bits per heavy atom. The average molecular weight is 288 g/mol. The molecule has 4 nitrogen and oxygen atoms in total. The first-order valence-corrected chi connectivity index (χ1v) is 5.41. The second-order valence-corrected chi connectivity index (χ2v) is 4.35. The molecule has 0 aliphatic carbocycles. The molecule has 0 spiro atoms. The van der Waals surface area contributed by atoms with Crippen LogP contribution in [0.15, 0.2) is 29.0 Å². The van der Waals surface area contributed by atoms with Gasteiger partial charge < -0.3 is 5.73 Å². The van der Waals surface area contributed by atoms with Gasteiger partial charge in [0.15, 0.2) is 5.82 Å². The average Bonchev–Trinajstić information content (AvgIpc) is 2.50. The SMILES string of the molecule is Nc1nn(Cc2ccc(Br)cn2)cc1Cl. The molecule has 6 heteroatoms. The minimum Gasteiger partial charge on any atom is -0.381 e. The molecular formula is C9H8BrClN4. The number of nitrogens with two attached hydrogens (primary N) is 1. The normalized spacial score (nSPS) is 10.5. The molecule has 0 radical (unpaired) electrons. The standard InChI is InChI=1S/C9H8BrClN4/c10-6-1-2-7(13-3-6)4-15-5-8(11)9(12)14-15/h1-3,5H,4H2,(H2,12,14). The van der Waals surface area contributed by atoms with Crippen molar-refractivity contribution in [3.63, 3.8) is 0 Å². The third-order valence-corrected chi connectivity index (χ3v) is 2.62. The van der Waals surface area contributed by atoms with Gasteiger partial charge in [0, 0.05) is 16.9 Å². The predicted octanol–water partition coefficient (Wildman–Crippen LogP) is 2.32. The largest absolute Gasteiger partial charge is 0.381 e. The van der Waals surface area contributed by atoms with E-state index in [0.29, 0.717) is 17.4 Å². The molecule has 0 fully saturated rings. The van der Waals surface area contributed by atoms with Crippen LogP contribution in [0.2, 0.25) is 5.02 Å². The lowest BCUT2D eigenvalue weighted by Crippen LogP contribution is -2.02. The van der Waals surface area contributed by atoms with Crippen LogP contribution in [0.1, 0.15) is 5.69 Å². The molecule has 78 valence electrons. The van der Waals surface area contributed by atoms with Crippen molar-refractivity contribution >= 4 is 33.3 Å². The van der Waals surface area contributed by atoms with Gasteiger partial charge in [0.05, 0.1) is 12.2 Å². The fraction of sp³-hybridized carbons (Fsp3) is 0.111. The van der Waals surface area contributed by atoms with E-state index in [2.05, 4.69) is 26.0 Å². The highest BCUT2D eigenvalue weighted by molar-refractivity contribution is 9.10. The third-order valence-electron chi connectivity index (χ3n) is 1.86. The van der Waals surface area contributed by atoms with Crippen molar-refractivity contribution in [2.75, 3.05) is 5.73 Å². The lowest BCUT2D eigenvalue weighted by molar-refractivity contribution is 0.675. The zero-order chi connectivity index (χ0) is 10.8. The van der Waals surface area contributed by atoms with Crippen molar-refractivity contribution in [2.24, 2.45) is 0 Å². The topological polar surface area (TPSA) is 56.7 Å². The van der Waals surface area contributed by atoms with Crippen LogP contribution in [-0.2, 0) is 6.54 Å². The fourth-order valence-corrected chi connectivity index (χ4v) is 1.54. The molecule has 2 rings (SSSR count). The van der Waals surface area contributed by atoms with Crippen molar-refractivity contribution in [1.29, 1.82) is 0 Å². The van der Waals surface area contributed by atoms with E-state index >= 15 is 0 Å². The van der Waals surface area contributed by atoms with E-state index in [4.69, 9.17) is 17.3 Å². The second kappa shape index (κ2) is 4.20. The van der Waals surface area contributed by atoms with Crippen molar-refractivity contribution < 1.29 is 0 Å². The highest BCUT2D eigenvalue weighted by atomic mass is 79.9. The number of aromatic nitrogens is 3. The molecule has 2 heterocycles. The first-order chi connectivity index (χ1) is 7.15. The monoisotopic (exact) mass is 286 g/mol. The van der Waals surface area contributed by atoms with E-state index in [1.165, 1.54) is 0 Å². The number of anilines is 1. The molecule has 2 aromatic rings. The Bertz CT molecular complexity index is 446. The third kappa shape index (κ3) is 2.49. The molecule has 0 unspecified atom stereocenters. The van der Waals surface area contributed by atoms with Crippen molar-refractivity contribution in [3.05, 3.63) is 39.7 Å². The van der Waals surface area contributed by atoms with Crippen molar-refractivity contribution in [2.45, 2.75) is 6.54 Å². The highest BCUT2D eigenvalue weighted by Crippen LogP contribution is 2.16. The molecular weight excluding hydrogens is 279 g/mol. The van der Waals surface area contributed by atoms with Gasteiger partial charge in [0.1, 0.15) is 5.02 Å². The van der Waals surface area contributed by atoms with E-state index in [0.717, 1.165) is 10.2 Å². The Morgan fingerprint density at radius 3 is 2.80 bits per heavy atom. The summed E-state index contributed by atoms with van der Waals surface area (Å²) in [4.78, 5) is 4.22. The maximum atomic E-state index is 5.78. The maximum absolute atomic E-state index is 5.78. The van der Waals surface area contributed by atoms with Crippen LogP contribution in [-0.4, -0.2) is 14.8 Å². The van der Waals surface area contributed by atoms with Crippen molar-refractivity contribution in [1.82, 2.24) is 14.8 Å².